The van der Waals surface area contributed by atoms with Gasteiger partial charge in [-0.1, -0.05) is 20.9 Å². The van der Waals surface area contributed by atoms with Crippen molar-refractivity contribution in [3.8, 4) is 0 Å². The van der Waals surface area contributed by atoms with E-state index in [1.54, 1.807) is 17.4 Å². The molecule has 0 radical (unpaired) electrons. The fraction of sp³-hybridized carbons (Fsp3) is 0.657. The third-order valence-corrected chi connectivity index (χ3v) is 9.17. The van der Waals surface area contributed by atoms with Gasteiger partial charge in [0.2, 0.25) is 0 Å². The zero-order valence-corrected chi connectivity index (χ0v) is 30.7. The van der Waals surface area contributed by atoms with Crippen molar-refractivity contribution < 1.29 is 28.1 Å². The standard InChI is InChI=1S/C19H23BrN4O2.C14H25NO4S.2CH4/c1-19(2,3)26-18(25)23-8-4-5-12(10-23)15-11-24-16(22-15)9-21-14-7-6-13(20)17(14)24;1-14(2,3)19-13(17)15-8-6-7-11(9-15)12(16)10-20(4,5)18;;/h6,9,11-12H,4-5,7-8,10H2,1-3H3;10-11H,6-9H2,1-5H3;2*1H4. The number of piperidine rings is 2. The number of halogens is 1. The van der Waals surface area contributed by atoms with Crippen LogP contribution in [0, 0.1) is 5.92 Å². The van der Waals surface area contributed by atoms with Crippen LogP contribution < -0.4 is 0 Å². The largest absolute Gasteiger partial charge is 0.444 e. The Morgan fingerprint density at radius 1 is 0.938 bits per heavy atom. The molecule has 0 spiro atoms. The predicted molar refractivity (Wildman–Crippen MR) is 198 cm³/mol. The Kier molecular flexibility index (Phi) is 13.9. The summed E-state index contributed by atoms with van der Waals surface area (Å²) in [4.78, 5) is 49.2. The van der Waals surface area contributed by atoms with Gasteiger partial charge in [-0.15, -0.1) is 0 Å². The maximum Gasteiger partial charge on any atom is 0.410 e. The summed E-state index contributed by atoms with van der Waals surface area (Å²) in [7, 11) is -2.20. The zero-order valence-electron chi connectivity index (χ0n) is 28.3. The molecule has 48 heavy (non-hydrogen) atoms. The van der Waals surface area contributed by atoms with E-state index in [9.17, 15) is 18.6 Å². The average Bonchev–Trinajstić information content (AvgIpc) is 3.54. The molecule has 2 atom stereocenters. The van der Waals surface area contributed by atoms with Gasteiger partial charge in [0.05, 0.1) is 23.3 Å². The number of carbonyl (C=O) groups excluding carboxylic acids is 3. The average molecular weight is 755 g/mol. The summed E-state index contributed by atoms with van der Waals surface area (Å²) in [6.07, 6.45) is 12.8. The molecule has 0 bridgehead atoms. The summed E-state index contributed by atoms with van der Waals surface area (Å²) < 4.78 is 25.7. The summed E-state index contributed by atoms with van der Waals surface area (Å²) in [6.45, 7) is 13.5. The number of aromatic nitrogens is 3. The van der Waals surface area contributed by atoms with Crippen molar-refractivity contribution in [2.24, 2.45) is 5.92 Å². The second-order valence-electron chi connectivity index (χ2n) is 14.6. The molecular formula is C35H56BrN5O6S. The van der Waals surface area contributed by atoms with Gasteiger partial charge >= 0.3 is 12.2 Å². The first-order valence-corrected chi connectivity index (χ1v) is 19.0. The van der Waals surface area contributed by atoms with Crippen LogP contribution in [-0.4, -0.2) is 102 Å². The summed E-state index contributed by atoms with van der Waals surface area (Å²) in [5.41, 5.74) is 2.99. The Hall–Kier alpha value is -2.93. The smallest absolute Gasteiger partial charge is 0.410 e. The maximum absolute atomic E-state index is 12.4. The molecule has 2 aliphatic heterocycles. The minimum Gasteiger partial charge on any atom is -0.444 e. The number of imidazole rings is 1. The van der Waals surface area contributed by atoms with Crippen LogP contribution in [0.4, 0.5) is 9.59 Å². The van der Waals surface area contributed by atoms with Crippen LogP contribution in [0.1, 0.15) is 105 Å². The first-order chi connectivity index (χ1) is 21.3. The highest BCUT2D eigenvalue weighted by Gasteiger charge is 2.32. The molecule has 11 nitrogen and oxygen atoms in total. The van der Waals surface area contributed by atoms with E-state index in [1.807, 2.05) is 52.6 Å². The van der Waals surface area contributed by atoms with Crippen molar-refractivity contribution in [2.75, 3.05) is 38.7 Å². The molecule has 2 aromatic rings. The van der Waals surface area contributed by atoms with Gasteiger partial charge in [-0.05, 0) is 92.7 Å². The summed E-state index contributed by atoms with van der Waals surface area (Å²) in [5, 5.41) is 1.30. The lowest BCUT2D eigenvalue weighted by molar-refractivity contribution is -0.117. The Labute approximate surface area is 296 Å². The number of rotatable bonds is 3. The third-order valence-electron chi connectivity index (χ3n) is 7.67. The fourth-order valence-electron chi connectivity index (χ4n) is 5.69. The molecule has 0 aromatic carbocycles. The molecule has 4 heterocycles. The Morgan fingerprint density at radius 2 is 1.50 bits per heavy atom. The molecule has 13 heteroatoms. The normalized spacial score (nSPS) is 19.5. The highest BCUT2D eigenvalue weighted by atomic mass is 79.9. The number of amides is 2. The summed E-state index contributed by atoms with van der Waals surface area (Å²) in [6, 6.07) is 0. The minimum atomic E-state index is -2.20. The van der Waals surface area contributed by atoms with Crippen molar-refractivity contribution >= 4 is 58.9 Å². The number of Topliss-reactive ketones (excluding diaryl/α,β-unsaturated/α-hetero) is 1. The molecular weight excluding hydrogens is 698 g/mol. The van der Waals surface area contributed by atoms with E-state index in [0.29, 0.717) is 19.6 Å². The molecule has 2 unspecified atom stereocenters. The second-order valence-corrected chi connectivity index (χ2v) is 18.3. The number of fused-ring (bicyclic) bond motifs is 3. The molecule has 1 aliphatic carbocycles. The molecule has 3 aliphatic rings. The Bertz CT molecular complexity index is 1620. The highest BCUT2D eigenvalue weighted by molar-refractivity contribution is 9.15. The Morgan fingerprint density at radius 3 is 2.06 bits per heavy atom. The lowest BCUT2D eigenvalue weighted by Gasteiger charge is -2.33. The predicted octanol–water partition coefficient (Wildman–Crippen LogP) is 6.96. The van der Waals surface area contributed by atoms with Crippen LogP contribution >= 0.6 is 15.9 Å². The fourth-order valence-corrected chi connectivity index (χ4v) is 7.02. The van der Waals surface area contributed by atoms with E-state index < -0.39 is 20.7 Å². The lowest BCUT2D eigenvalue weighted by atomic mass is 9.95. The van der Waals surface area contributed by atoms with Crippen molar-refractivity contribution in [2.45, 2.75) is 106 Å². The van der Waals surface area contributed by atoms with E-state index >= 15 is 0 Å². The SMILES string of the molecule is C.C.CC(C)(C)OC(=O)N1CCCC(C(=O)C=S(C)(C)=O)C1.CC(C)(C)OC(=O)N1CCCC(c2cn3c4c(ncc3n2)CC=C4Br)C1. The number of ketones is 1. The molecule has 0 N–H and O–H groups in total. The minimum absolute atomic E-state index is 0. The number of likely N-dealkylation sites (tertiary alicyclic amines) is 2. The van der Waals surface area contributed by atoms with Crippen LogP contribution in [0.25, 0.3) is 10.1 Å². The topological polar surface area (TPSA) is 123 Å². The third kappa shape index (κ3) is 11.3. The summed E-state index contributed by atoms with van der Waals surface area (Å²) in [5.74, 6) is -0.179. The van der Waals surface area contributed by atoms with Crippen LogP contribution in [0.2, 0.25) is 0 Å². The molecule has 5 rings (SSSR count). The first-order valence-electron chi connectivity index (χ1n) is 15.8. The lowest BCUT2D eigenvalue weighted by Crippen LogP contribution is -2.45. The van der Waals surface area contributed by atoms with Gasteiger partial charge in [-0.2, -0.15) is 0 Å². The number of ether oxygens (including phenoxy) is 2. The van der Waals surface area contributed by atoms with E-state index in [2.05, 4.69) is 37.6 Å². The van der Waals surface area contributed by atoms with Gasteiger partial charge in [0.1, 0.15) is 11.2 Å². The van der Waals surface area contributed by atoms with Crippen molar-refractivity contribution in [1.29, 1.82) is 0 Å². The van der Waals surface area contributed by atoms with E-state index in [0.717, 1.165) is 65.9 Å². The van der Waals surface area contributed by atoms with Crippen molar-refractivity contribution in [3.05, 3.63) is 35.6 Å². The molecule has 2 aromatic heterocycles. The highest BCUT2D eigenvalue weighted by Crippen LogP contribution is 2.33. The van der Waals surface area contributed by atoms with E-state index in [1.165, 1.54) is 5.37 Å². The molecule has 2 fully saturated rings. The zero-order chi connectivity index (χ0) is 34.0. The monoisotopic (exact) mass is 753 g/mol. The van der Waals surface area contributed by atoms with E-state index in [4.69, 9.17) is 14.5 Å². The van der Waals surface area contributed by atoms with Gasteiger partial charge in [0.15, 0.2) is 11.4 Å². The first kappa shape index (κ1) is 41.2. The van der Waals surface area contributed by atoms with Crippen LogP contribution in [0.5, 0.6) is 0 Å². The van der Waals surface area contributed by atoms with Gasteiger partial charge in [-0.3, -0.25) is 18.4 Å². The number of allylic oxidation sites excluding steroid dienone is 1. The molecule has 2 amide bonds. The van der Waals surface area contributed by atoms with Crippen LogP contribution in [0.3, 0.4) is 0 Å². The molecule has 2 saturated heterocycles. The maximum atomic E-state index is 12.4. The number of nitrogens with zero attached hydrogens (tertiary/aromatic N) is 5. The summed E-state index contributed by atoms with van der Waals surface area (Å²) >= 11 is 3.62. The van der Waals surface area contributed by atoms with Gasteiger partial charge < -0.3 is 19.3 Å². The molecule has 270 valence electrons. The Balaban J connectivity index is 0.000000332. The second kappa shape index (κ2) is 16.2. The van der Waals surface area contributed by atoms with Gasteiger partial charge in [0.25, 0.3) is 0 Å². The number of hydrogen-bond donors (Lipinski definition) is 0. The van der Waals surface area contributed by atoms with Crippen molar-refractivity contribution in [1.82, 2.24) is 24.2 Å². The van der Waals surface area contributed by atoms with Crippen LogP contribution in [0.15, 0.2) is 18.5 Å². The number of hydrogen-bond acceptors (Lipinski definition) is 8. The van der Waals surface area contributed by atoms with E-state index in [-0.39, 0.29) is 44.7 Å². The van der Waals surface area contributed by atoms with Crippen LogP contribution in [-0.2, 0) is 30.2 Å². The van der Waals surface area contributed by atoms with Crippen molar-refractivity contribution in [3.63, 3.8) is 0 Å². The van der Waals surface area contributed by atoms with Gasteiger partial charge in [-0.25, -0.2) is 14.6 Å². The number of carbonyl (C=O) groups is 3. The van der Waals surface area contributed by atoms with Gasteiger partial charge in [0, 0.05) is 73.0 Å². The molecule has 0 saturated carbocycles. The quantitative estimate of drug-likeness (QED) is 0.309.